The minimum Gasteiger partial charge on any atom is -0.496 e. The van der Waals surface area contributed by atoms with E-state index in [1.165, 1.54) is 12.1 Å². The molecule has 4 nitrogen and oxygen atoms in total. The zero-order valence-electron chi connectivity index (χ0n) is 17.2. The van der Waals surface area contributed by atoms with E-state index in [9.17, 15) is 9.50 Å². The molecule has 1 aliphatic heterocycles. The maximum atomic E-state index is 14.2. The van der Waals surface area contributed by atoms with Crippen molar-refractivity contribution >= 4 is 15.9 Å². The van der Waals surface area contributed by atoms with Crippen LogP contribution < -0.4 is 14.2 Å². The zero-order chi connectivity index (χ0) is 21.8. The third-order valence-corrected chi connectivity index (χ3v) is 7.13. The third kappa shape index (κ3) is 2.81. The average Bonchev–Trinajstić information content (AvgIpc) is 3.20. The number of aliphatic hydroxyl groups is 1. The van der Waals surface area contributed by atoms with Crippen LogP contribution in [0, 0.1) is 5.82 Å². The second-order valence-corrected chi connectivity index (χ2v) is 8.97. The summed E-state index contributed by atoms with van der Waals surface area (Å²) in [4.78, 5) is 0. The smallest absolute Gasteiger partial charge is 0.174 e. The van der Waals surface area contributed by atoms with Gasteiger partial charge in [-0.25, -0.2) is 4.39 Å². The van der Waals surface area contributed by atoms with Gasteiger partial charge in [0.25, 0.3) is 0 Å². The van der Waals surface area contributed by atoms with Crippen LogP contribution in [0.1, 0.15) is 35.4 Å². The van der Waals surface area contributed by atoms with Crippen LogP contribution in [0.3, 0.4) is 0 Å². The minimum atomic E-state index is -1.36. The lowest BCUT2D eigenvalue weighted by molar-refractivity contribution is -0.106. The highest BCUT2D eigenvalue weighted by molar-refractivity contribution is 9.10. The van der Waals surface area contributed by atoms with Crippen LogP contribution in [-0.2, 0) is 11.2 Å². The fourth-order valence-electron chi connectivity index (χ4n) is 5.32. The molecule has 0 radical (unpaired) electrons. The fraction of sp³-hybridized carbons (Fsp3) is 0.280. The van der Waals surface area contributed by atoms with E-state index in [1.807, 2.05) is 30.3 Å². The first-order valence-electron chi connectivity index (χ1n) is 10.1. The largest absolute Gasteiger partial charge is 0.496 e. The second-order valence-electron chi connectivity index (χ2n) is 8.05. The molecule has 31 heavy (non-hydrogen) atoms. The molecular formula is C25H22BrFO4. The van der Waals surface area contributed by atoms with E-state index < -0.39 is 11.2 Å². The Morgan fingerprint density at radius 3 is 2.52 bits per heavy atom. The Morgan fingerprint density at radius 1 is 1.06 bits per heavy atom. The van der Waals surface area contributed by atoms with Crippen molar-refractivity contribution in [1.82, 2.24) is 0 Å². The lowest BCUT2D eigenvalue weighted by atomic mass is 9.71. The topological polar surface area (TPSA) is 47.9 Å². The molecule has 0 amide bonds. The summed E-state index contributed by atoms with van der Waals surface area (Å²) in [5, 5.41) is 12.3. The van der Waals surface area contributed by atoms with Gasteiger partial charge in [0.2, 0.25) is 0 Å². The van der Waals surface area contributed by atoms with E-state index in [4.69, 9.17) is 14.2 Å². The van der Waals surface area contributed by atoms with E-state index in [2.05, 4.69) is 15.9 Å². The predicted molar refractivity (Wildman–Crippen MR) is 118 cm³/mol. The molecule has 1 fully saturated rings. The van der Waals surface area contributed by atoms with Crippen molar-refractivity contribution in [3.05, 3.63) is 87.6 Å². The molecule has 3 aromatic carbocycles. The molecule has 2 aliphatic rings. The van der Waals surface area contributed by atoms with E-state index in [1.54, 1.807) is 32.4 Å². The van der Waals surface area contributed by atoms with Crippen molar-refractivity contribution < 1.29 is 23.7 Å². The molecule has 3 unspecified atom stereocenters. The zero-order valence-corrected chi connectivity index (χ0v) is 18.8. The number of methoxy groups -OCH3 is 2. The van der Waals surface area contributed by atoms with Crippen molar-refractivity contribution in [2.45, 2.75) is 30.0 Å². The van der Waals surface area contributed by atoms with Crippen LogP contribution >= 0.6 is 15.9 Å². The van der Waals surface area contributed by atoms with E-state index in [-0.39, 0.29) is 11.7 Å². The Bertz CT molecular complexity index is 1150. The first-order chi connectivity index (χ1) is 14.9. The molecule has 1 saturated carbocycles. The summed E-state index contributed by atoms with van der Waals surface area (Å²) in [6, 6.07) is 17.8. The summed E-state index contributed by atoms with van der Waals surface area (Å²) in [7, 11) is 3.14. The summed E-state index contributed by atoms with van der Waals surface area (Å²) in [6.45, 7) is 0. The van der Waals surface area contributed by atoms with Crippen LogP contribution in [0.15, 0.2) is 65.1 Å². The van der Waals surface area contributed by atoms with Gasteiger partial charge in [0.1, 0.15) is 28.7 Å². The van der Waals surface area contributed by atoms with Gasteiger partial charge in [0, 0.05) is 22.5 Å². The molecule has 0 aromatic heterocycles. The van der Waals surface area contributed by atoms with Crippen LogP contribution in [0.4, 0.5) is 4.39 Å². The third-order valence-electron chi connectivity index (χ3n) is 6.60. The van der Waals surface area contributed by atoms with Gasteiger partial charge in [-0.15, -0.1) is 0 Å². The Hall–Kier alpha value is -2.57. The minimum absolute atomic E-state index is 0.266. The SMILES string of the molecule is COc1cc(OC)c2c(c1)OC1(c3ccc(Br)cc3)C(c3cccc(F)c3)CCC21O. The molecule has 1 aliphatic carbocycles. The molecule has 5 rings (SSSR count). The monoisotopic (exact) mass is 484 g/mol. The summed E-state index contributed by atoms with van der Waals surface area (Å²) >= 11 is 3.49. The van der Waals surface area contributed by atoms with Gasteiger partial charge in [-0.1, -0.05) is 40.2 Å². The van der Waals surface area contributed by atoms with Gasteiger partial charge in [0.15, 0.2) is 5.60 Å². The van der Waals surface area contributed by atoms with Crippen molar-refractivity contribution in [3.8, 4) is 17.2 Å². The Morgan fingerprint density at radius 2 is 1.84 bits per heavy atom. The molecule has 0 saturated heterocycles. The number of ether oxygens (including phenoxy) is 3. The normalized spacial score (nSPS) is 26.2. The molecular weight excluding hydrogens is 463 g/mol. The van der Waals surface area contributed by atoms with Gasteiger partial charge in [0.05, 0.1) is 19.8 Å². The van der Waals surface area contributed by atoms with Gasteiger partial charge in [-0.05, 0) is 48.2 Å². The number of rotatable bonds is 4. The van der Waals surface area contributed by atoms with Gasteiger partial charge >= 0.3 is 0 Å². The second kappa shape index (κ2) is 7.24. The van der Waals surface area contributed by atoms with Gasteiger partial charge in [-0.2, -0.15) is 0 Å². The highest BCUT2D eigenvalue weighted by Gasteiger charge is 2.69. The highest BCUT2D eigenvalue weighted by Crippen LogP contribution is 2.68. The molecule has 3 atom stereocenters. The maximum Gasteiger partial charge on any atom is 0.174 e. The molecule has 3 aromatic rings. The highest BCUT2D eigenvalue weighted by atomic mass is 79.9. The van der Waals surface area contributed by atoms with E-state index in [0.717, 1.165) is 15.6 Å². The first kappa shape index (κ1) is 20.3. The first-order valence-corrected chi connectivity index (χ1v) is 10.9. The Balaban J connectivity index is 1.78. The van der Waals surface area contributed by atoms with Crippen molar-refractivity contribution in [1.29, 1.82) is 0 Å². The lowest BCUT2D eigenvalue weighted by Gasteiger charge is -2.40. The predicted octanol–water partition coefficient (Wildman–Crippen LogP) is 5.66. The number of hydrogen-bond donors (Lipinski definition) is 1. The molecule has 1 heterocycles. The summed E-state index contributed by atoms with van der Waals surface area (Å²) < 4.78 is 32.9. The lowest BCUT2D eigenvalue weighted by Crippen LogP contribution is -2.48. The number of benzene rings is 3. The molecule has 0 bridgehead atoms. The van der Waals surface area contributed by atoms with E-state index >= 15 is 0 Å². The number of halogens is 2. The Labute approximate surface area is 188 Å². The summed E-state index contributed by atoms with van der Waals surface area (Å²) in [5.74, 6) is 1.03. The molecule has 1 N–H and O–H groups in total. The number of hydrogen-bond acceptors (Lipinski definition) is 4. The maximum absolute atomic E-state index is 14.2. The van der Waals surface area contributed by atoms with Crippen LogP contribution in [0.2, 0.25) is 0 Å². The van der Waals surface area contributed by atoms with E-state index in [0.29, 0.717) is 35.7 Å². The van der Waals surface area contributed by atoms with Crippen molar-refractivity contribution in [3.63, 3.8) is 0 Å². The average molecular weight is 485 g/mol. The van der Waals surface area contributed by atoms with Gasteiger partial charge < -0.3 is 19.3 Å². The quantitative estimate of drug-likeness (QED) is 0.519. The van der Waals surface area contributed by atoms with Gasteiger partial charge in [-0.3, -0.25) is 0 Å². The number of fused-ring (bicyclic) bond motifs is 3. The summed E-state index contributed by atoms with van der Waals surface area (Å²) in [6.07, 6.45) is 1.07. The molecule has 0 spiro atoms. The molecule has 160 valence electrons. The summed E-state index contributed by atoms with van der Waals surface area (Å²) in [5.41, 5.74) is -0.272. The standard InChI is InChI=1S/C25H22BrFO4/c1-29-19-13-21(30-2)23-22(14-19)31-25(16-6-8-17(26)9-7-16)20(10-11-24(23,25)28)15-4-3-5-18(27)12-15/h3-9,12-14,20,28H,10-11H2,1-2H3. The Kier molecular flexibility index (Phi) is 4.75. The van der Waals surface area contributed by atoms with Crippen molar-refractivity contribution in [2.24, 2.45) is 0 Å². The van der Waals surface area contributed by atoms with Crippen molar-refractivity contribution in [2.75, 3.05) is 14.2 Å². The van der Waals surface area contributed by atoms with Crippen LogP contribution in [-0.4, -0.2) is 19.3 Å². The van der Waals surface area contributed by atoms with Crippen LogP contribution in [0.25, 0.3) is 0 Å². The fourth-order valence-corrected chi connectivity index (χ4v) is 5.59. The molecule has 6 heteroatoms. The van der Waals surface area contributed by atoms with Crippen LogP contribution in [0.5, 0.6) is 17.2 Å².